The summed E-state index contributed by atoms with van der Waals surface area (Å²) in [5.41, 5.74) is 0. The molecule has 0 rings (SSSR count). The van der Waals surface area contributed by atoms with Crippen LogP contribution in [0, 0.1) is 0 Å². The van der Waals surface area contributed by atoms with E-state index in [1.54, 1.807) is 0 Å². The molecule has 0 saturated heterocycles. The first kappa shape index (κ1) is 61.1. The van der Waals surface area contributed by atoms with Gasteiger partial charge in [0.25, 0.3) is 0 Å². The quantitative estimate of drug-likeness (QED) is 0.0199. The van der Waals surface area contributed by atoms with Crippen molar-refractivity contribution in [2.75, 3.05) is 13.2 Å². The van der Waals surface area contributed by atoms with Gasteiger partial charge in [0, 0.05) is 19.3 Å². The molecule has 0 radical (unpaired) electrons. The number of ether oxygens (including phenoxy) is 3. The third kappa shape index (κ3) is 50.9. The number of carbonyl (C=O) groups is 3. The molecule has 1 atom stereocenters. The number of hydrogen-bond acceptors (Lipinski definition) is 6. The molecule has 6 nitrogen and oxygen atoms in total. The van der Waals surface area contributed by atoms with Crippen LogP contribution >= 0.6 is 0 Å². The van der Waals surface area contributed by atoms with Gasteiger partial charge in [-0.3, -0.25) is 14.4 Å². The molecule has 65 heavy (non-hydrogen) atoms. The highest BCUT2D eigenvalue weighted by molar-refractivity contribution is 5.71. The number of carbonyl (C=O) groups excluding carboxylic acids is 3. The summed E-state index contributed by atoms with van der Waals surface area (Å²) in [4.78, 5) is 38.0. The van der Waals surface area contributed by atoms with E-state index >= 15 is 0 Å². The van der Waals surface area contributed by atoms with Gasteiger partial charge in [0.2, 0.25) is 0 Å². The molecule has 0 aliphatic heterocycles. The molecule has 0 bridgehead atoms. The van der Waals surface area contributed by atoms with Crippen LogP contribution in [0.5, 0.6) is 0 Å². The third-order valence-corrected chi connectivity index (χ3v) is 10.9. The topological polar surface area (TPSA) is 78.9 Å². The summed E-state index contributed by atoms with van der Waals surface area (Å²) in [6.07, 6.45) is 70.6. The summed E-state index contributed by atoms with van der Waals surface area (Å²) in [7, 11) is 0. The van der Waals surface area contributed by atoms with Gasteiger partial charge in [-0.25, -0.2) is 0 Å². The molecule has 0 aliphatic carbocycles. The fourth-order valence-electron chi connectivity index (χ4n) is 6.86. The van der Waals surface area contributed by atoms with E-state index in [0.29, 0.717) is 19.3 Å². The lowest BCUT2D eigenvalue weighted by Crippen LogP contribution is -2.30. The van der Waals surface area contributed by atoms with Crippen molar-refractivity contribution in [3.63, 3.8) is 0 Å². The average molecular weight is 901 g/mol. The van der Waals surface area contributed by atoms with E-state index in [0.717, 1.165) is 122 Å². The van der Waals surface area contributed by atoms with Crippen LogP contribution in [-0.2, 0) is 28.6 Å². The Balaban J connectivity index is 4.50. The Hall–Kier alpha value is -3.93. The third-order valence-electron chi connectivity index (χ3n) is 10.9. The Morgan fingerprint density at radius 3 is 0.954 bits per heavy atom. The van der Waals surface area contributed by atoms with Crippen LogP contribution < -0.4 is 0 Å². The van der Waals surface area contributed by atoms with E-state index in [9.17, 15) is 14.4 Å². The van der Waals surface area contributed by atoms with Crippen LogP contribution in [0.15, 0.2) is 109 Å². The van der Waals surface area contributed by atoms with Gasteiger partial charge < -0.3 is 14.2 Å². The summed E-state index contributed by atoms with van der Waals surface area (Å²) in [5.74, 6) is -0.963. The highest BCUT2D eigenvalue weighted by atomic mass is 16.6. The highest BCUT2D eigenvalue weighted by Crippen LogP contribution is 2.13. The summed E-state index contributed by atoms with van der Waals surface area (Å²) in [6, 6.07) is 0. The number of unbranched alkanes of at least 4 members (excludes halogenated alkanes) is 23. The van der Waals surface area contributed by atoms with Gasteiger partial charge in [-0.1, -0.05) is 226 Å². The normalized spacial score (nSPS) is 13.0. The number of hydrogen-bond donors (Lipinski definition) is 0. The van der Waals surface area contributed by atoms with E-state index in [2.05, 4.69) is 130 Å². The first-order valence-corrected chi connectivity index (χ1v) is 26.5. The smallest absolute Gasteiger partial charge is 0.306 e. The van der Waals surface area contributed by atoms with Crippen molar-refractivity contribution in [2.45, 2.75) is 232 Å². The number of esters is 3. The zero-order chi connectivity index (χ0) is 47.2. The molecule has 0 fully saturated rings. The fourth-order valence-corrected chi connectivity index (χ4v) is 6.86. The van der Waals surface area contributed by atoms with Crippen molar-refractivity contribution in [1.82, 2.24) is 0 Å². The van der Waals surface area contributed by atoms with Gasteiger partial charge >= 0.3 is 17.9 Å². The van der Waals surface area contributed by atoms with Gasteiger partial charge in [-0.15, -0.1) is 0 Å². The van der Waals surface area contributed by atoms with Crippen LogP contribution in [0.3, 0.4) is 0 Å². The van der Waals surface area contributed by atoms with Crippen molar-refractivity contribution >= 4 is 17.9 Å². The van der Waals surface area contributed by atoms with E-state index in [1.807, 2.05) is 0 Å². The standard InChI is InChI=1S/C59H96O6/c1-4-7-10-13-16-19-22-24-26-28-30-32-34-37-40-43-46-49-52-58(61)64-55-56(54-63-57(60)51-48-45-42-39-36-21-18-15-12-9-6-3)65-59(62)53-50-47-44-41-38-35-33-31-29-27-25-23-20-17-14-11-8-5-2/h15-20,22-33,56H,4-14,21,34-55H2,1-3H3/b18-15-,19-16-,20-17-,24-22-,25-23-,28-26-,29-27-,32-30-,33-31-. The summed E-state index contributed by atoms with van der Waals surface area (Å²) in [6.45, 7) is 6.46. The molecule has 368 valence electrons. The minimum Gasteiger partial charge on any atom is -0.462 e. The van der Waals surface area contributed by atoms with Crippen molar-refractivity contribution in [2.24, 2.45) is 0 Å². The van der Waals surface area contributed by atoms with Crippen LogP contribution in [0.25, 0.3) is 0 Å². The van der Waals surface area contributed by atoms with Gasteiger partial charge in [0.05, 0.1) is 0 Å². The molecule has 1 unspecified atom stereocenters. The van der Waals surface area contributed by atoms with Crippen molar-refractivity contribution < 1.29 is 28.6 Å². The SMILES string of the molecule is CCCC/C=C\CCCCCCCC(=O)OCC(COC(=O)CCCCCCC\C=C/C=C\C=C/C=C\CCCCC)OC(=O)CCCCCCC\C=C/C=C\C=C/C=C\CCCCC. The summed E-state index contributed by atoms with van der Waals surface area (Å²) >= 11 is 0. The molecule has 0 aromatic heterocycles. The maximum absolute atomic E-state index is 12.8. The van der Waals surface area contributed by atoms with E-state index < -0.39 is 6.10 Å². The molecule has 0 aliphatic rings. The highest BCUT2D eigenvalue weighted by Gasteiger charge is 2.19. The monoisotopic (exact) mass is 901 g/mol. The van der Waals surface area contributed by atoms with Crippen LogP contribution in [0.2, 0.25) is 0 Å². The second-order valence-electron chi connectivity index (χ2n) is 17.3. The minimum absolute atomic E-state index is 0.102. The Kier molecular flexibility index (Phi) is 49.5. The molecular formula is C59H96O6. The lowest BCUT2D eigenvalue weighted by atomic mass is 10.1. The Morgan fingerprint density at radius 2 is 0.585 bits per heavy atom. The van der Waals surface area contributed by atoms with E-state index in [1.165, 1.54) is 64.2 Å². The molecule has 0 heterocycles. The fraction of sp³-hybridized carbons (Fsp3) is 0.644. The molecule has 0 N–H and O–H groups in total. The summed E-state index contributed by atoms with van der Waals surface area (Å²) < 4.78 is 16.8. The van der Waals surface area contributed by atoms with Crippen LogP contribution in [-0.4, -0.2) is 37.2 Å². The predicted molar refractivity (Wildman–Crippen MR) is 279 cm³/mol. The Morgan fingerprint density at radius 1 is 0.308 bits per heavy atom. The van der Waals surface area contributed by atoms with Crippen LogP contribution in [0.4, 0.5) is 0 Å². The molecular weight excluding hydrogens is 805 g/mol. The van der Waals surface area contributed by atoms with Crippen LogP contribution in [0.1, 0.15) is 226 Å². The Labute approximate surface area is 400 Å². The largest absolute Gasteiger partial charge is 0.462 e. The zero-order valence-corrected chi connectivity index (χ0v) is 42.0. The minimum atomic E-state index is -0.805. The van der Waals surface area contributed by atoms with E-state index in [4.69, 9.17) is 14.2 Å². The lowest BCUT2D eigenvalue weighted by Gasteiger charge is -2.18. The zero-order valence-electron chi connectivity index (χ0n) is 42.0. The van der Waals surface area contributed by atoms with Crippen molar-refractivity contribution in [3.8, 4) is 0 Å². The number of rotatable bonds is 46. The van der Waals surface area contributed by atoms with Gasteiger partial charge in [-0.2, -0.15) is 0 Å². The maximum Gasteiger partial charge on any atom is 0.306 e. The van der Waals surface area contributed by atoms with Gasteiger partial charge in [0.1, 0.15) is 13.2 Å². The molecule has 0 aromatic rings. The molecule has 0 saturated carbocycles. The maximum atomic E-state index is 12.8. The van der Waals surface area contributed by atoms with Crippen molar-refractivity contribution in [3.05, 3.63) is 109 Å². The molecule has 0 amide bonds. The molecule has 0 aromatic carbocycles. The second kappa shape index (κ2) is 52.7. The lowest BCUT2D eigenvalue weighted by molar-refractivity contribution is -0.167. The molecule has 6 heteroatoms. The second-order valence-corrected chi connectivity index (χ2v) is 17.3. The first-order chi connectivity index (χ1) is 32.0. The predicted octanol–water partition coefficient (Wildman–Crippen LogP) is 17.5. The van der Waals surface area contributed by atoms with E-state index in [-0.39, 0.29) is 31.1 Å². The van der Waals surface area contributed by atoms with Crippen molar-refractivity contribution in [1.29, 1.82) is 0 Å². The Bertz CT molecular complexity index is 1360. The molecule has 0 spiro atoms. The van der Waals surface area contributed by atoms with Gasteiger partial charge in [0.15, 0.2) is 6.10 Å². The number of allylic oxidation sites excluding steroid dienone is 18. The first-order valence-electron chi connectivity index (χ1n) is 26.5. The average Bonchev–Trinajstić information content (AvgIpc) is 3.30. The van der Waals surface area contributed by atoms with Gasteiger partial charge in [-0.05, 0) is 89.9 Å². The summed E-state index contributed by atoms with van der Waals surface area (Å²) in [5, 5.41) is 0.